The van der Waals surface area contributed by atoms with E-state index in [0.29, 0.717) is 5.82 Å². The van der Waals surface area contributed by atoms with Gasteiger partial charge in [-0.1, -0.05) is 225 Å². The van der Waals surface area contributed by atoms with Gasteiger partial charge in [0.15, 0.2) is 5.82 Å². The van der Waals surface area contributed by atoms with E-state index in [2.05, 4.69) is 235 Å². The fourth-order valence-corrected chi connectivity index (χ4v) is 10.4. The fourth-order valence-electron chi connectivity index (χ4n) is 10.4. The van der Waals surface area contributed by atoms with Crippen LogP contribution in [0.15, 0.2) is 237 Å². The summed E-state index contributed by atoms with van der Waals surface area (Å²) in [5, 5.41) is 5.68. The van der Waals surface area contributed by atoms with Crippen LogP contribution in [-0.4, -0.2) is 19.7 Å². The van der Waals surface area contributed by atoms with Gasteiger partial charge in [0.25, 0.3) is 0 Å². The molecule has 0 saturated carbocycles. The van der Waals surface area contributed by atoms with Crippen molar-refractivity contribution < 1.29 is 0 Å². The molecule has 0 bridgehead atoms. The number of aromatic nitrogens is 4. The van der Waals surface area contributed by atoms with Crippen LogP contribution in [-0.2, 0) is 0 Å². The lowest BCUT2D eigenvalue weighted by atomic mass is 9.72. The molecule has 3 aliphatic rings. The molecule has 2 aromatic heterocycles. The maximum absolute atomic E-state index is 5.68. The van der Waals surface area contributed by atoms with Crippen LogP contribution in [0.4, 0.5) is 0 Å². The quantitative estimate of drug-likeness (QED) is 0.145. The number of fused-ring (bicyclic) bond motifs is 3. The molecule has 2 aliphatic carbocycles. The Kier molecular flexibility index (Phi) is 10.6. The van der Waals surface area contributed by atoms with Crippen molar-refractivity contribution in [2.24, 2.45) is 5.92 Å². The monoisotopic (exact) mass is 860 g/mol. The SMILES string of the molecule is C1=CCC(C2C(c3ccc(-c4cccc(-c5nc(-c6ccccc6)cc(-c6ccc(-c7ccccc7)cc6)n5)c4)cc3)c3ccccc3-c3c(-c4ccccc4)c(C4=CCCC=C4)nn32)C=C1. The summed E-state index contributed by atoms with van der Waals surface area (Å²) in [6.07, 6.45) is 19.1. The van der Waals surface area contributed by atoms with Crippen molar-refractivity contribution >= 4 is 5.57 Å². The first-order valence-electron chi connectivity index (χ1n) is 23.5. The minimum absolute atomic E-state index is 0.0578. The average molecular weight is 861 g/mol. The van der Waals surface area contributed by atoms with Crippen molar-refractivity contribution in [3.8, 4) is 78.5 Å². The third kappa shape index (κ3) is 7.71. The highest BCUT2D eigenvalue weighted by molar-refractivity contribution is 5.94. The van der Waals surface area contributed by atoms with E-state index in [4.69, 9.17) is 15.1 Å². The summed E-state index contributed by atoms with van der Waals surface area (Å²) in [5.74, 6) is 1.03. The minimum Gasteiger partial charge on any atom is -0.259 e. The molecule has 0 spiro atoms. The lowest BCUT2D eigenvalue weighted by Crippen LogP contribution is -2.31. The number of hydrogen-bond acceptors (Lipinski definition) is 3. The zero-order valence-electron chi connectivity index (χ0n) is 37.2. The van der Waals surface area contributed by atoms with Gasteiger partial charge in [0.1, 0.15) is 5.69 Å². The zero-order chi connectivity index (χ0) is 44.5. The second kappa shape index (κ2) is 17.6. The van der Waals surface area contributed by atoms with Gasteiger partial charge >= 0.3 is 0 Å². The molecule has 9 aromatic rings. The Morgan fingerprint density at radius 3 is 1.78 bits per heavy atom. The highest BCUT2D eigenvalue weighted by atomic mass is 15.3. The molecular formula is C63H48N4. The van der Waals surface area contributed by atoms with Crippen LogP contribution in [0.3, 0.4) is 0 Å². The molecule has 0 saturated heterocycles. The number of rotatable bonds is 9. The third-order valence-electron chi connectivity index (χ3n) is 13.7. The smallest absolute Gasteiger partial charge is 0.160 e. The molecule has 3 heterocycles. The van der Waals surface area contributed by atoms with Gasteiger partial charge in [-0.3, -0.25) is 4.68 Å². The molecule has 0 radical (unpaired) electrons. The first-order valence-corrected chi connectivity index (χ1v) is 23.5. The summed E-state index contributed by atoms with van der Waals surface area (Å²) in [6, 6.07) is 69.6. The molecule has 1 aliphatic heterocycles. The number of nitrogens with zero attached hydrogens (tertiary/aromatic N) is 4. The lowest BCUT2D eigenvalue weighted by molar-refractivity contribution is 0.317. The van der Waals surface area contributed by atoms with E-state index in [0.717, 1.165) is 64.2 Å². The second-order valence-corrected chi connectivity index (χ2v) is 17.8. The van der Waals surface area contributed by atoms with Crippen LogP contribution in [0.5, 0.6) is 0 Å². The van der Waals surface area contributed by atoms with Crippen LogP contribution >= 0.6 is 0 Å². The topological polar surface area (TPSA) is 43.6 Å². The molecule has 12 rings (SSSR count). The Labute approximate surface area is 392 Å². The van der Waals surface area contributed by atoms with E-state index in [1.165, 1.54) is 50.2 Å². The Morgan fingerprint density at radius 1 is 0.478 bits per heavy atom. The van der Waals surface area contributed by atoms with Gasteiger partial charge in [-0.05, 0) is 75.9 Å². The van der Waals surface area contributed by atoms with Crippen molar-refractivity contribution in [2.45, 2.75) is 31.2 Å². The zero-order valence-corrected chi connectivity index (χ0v) is 37.2. The van der Waals surface area contributed by atoms with Crippen molar-refractivity contribution in [2.75, 3.05) is 0 Å². The fraction of sp³-hybridized carbons (Fsp3) is 0.0952. The Hall–Kier alpha value is -8.21. The summed E-state index contributed by atoms with van der Waals surface area (Å²) >= 11 is 0. The third-order valence-corrected chi connectivity index (χ3v) is 13.7. The maximum Gasteiger partial charge on any atom is 0.160 e. The largest absolute Gasteiger partial charge is 0.259 e. The van der Waals surface area contributed by atoms with E-state index in [1.54, 1.807) is 0 Å². The van der Waals surface area contributed by atoms with Gasteiger partial charge in [-0.15, -0.1) is 0 Å². The molecule has 0 fully saturated rings. The molecule has 4 nitrogen and oxygen atoms in total. The normalized spacial score (nSPS) is 17.1. The molecule has 67 heavy (non-hydrogen) atoms. The second-order valence-electron chi connectivity index (χ2n) is 17.8. The van der Waals surface area contributed by atoms with E-state index in [-0.39, 0.29) is 17.9 Å². The summed E-state index contributed by atoms with van der Waals surface area (Å²) in [6.45, 7) is 0. The summed E-state index contributed by atoms with van der Waals surface area (Å²) in [4.78, 5) is 10.4. The highest BCUT2D eigenvalue weighted by Crippen LogP contribution is 2.54. The van der Waals surface area contributed by atoms with E-state index in [9.17, 15) is 0 Å². The lowest BCUT2D eigenvalue weighted by Gasteiger charge is -2.39. The van der Waals surface area contributed by atoms with Crippen molar-refractivity contribution in [3.05, 3.63) is 253 Å². The summed E-state index contributed by atoms with van der Waals surface area (Å²) in [5.41, 5.74) is 19.2. The van der Waals surface area contributed by atoms with Crippen LogP contribution < -0.4 is 0 Å². The van der Waals surface area contributed by atoms with Crippen LogP contribution in [0.2, 0.25) is 0 Å². The van der Waals surface area contributed by atoms with Gasteiger partial charge in [0.2, 0.25) is 0 Å². The first kappa shape index (κ1) is 40.3. The van der Waals surface area contributed by atoms with Crippen molar-refractivity contribution in [1.82, 2.24) is 19.7 Å². The van der Waals surface area contributed by atoms with Gasteiger partial charge in [-0.2, -0.15) is 5.10 Å². The molecule has 7 aromatic carbocycles. The van der Waals surface area contributed by atoms with Crippen LogP contribution in [0.25, 0.3) is 84.1 Å². The average Bonchev–Trinajstić information content (AvgIpc) is 3.83. The molecule has 0 N–H and O–H groups in total. The molecular weight excluding hydrogens is 813 g/mol. The Morgan fingerprint density at radius 2 is 1.07 bits per heavy atom. The summed E-state index contributed by atoms with van der Waals surface area (Å²) < 4.78 is 2.41. The predicted octanol–water partition coefficient (Wildman–Crippen LogP) is 15.9. The van der Waals surface area contributed by atoms with Gasteiger partial charge in [0.05, 0.1) is 23.1 Å². The molecule has 4 heteroatoms. The number of benzene rings is 7. The van der Waals surface area contributed by atoms with E-state index < -0.39 is 0 Å². The molecule has 3 atom stereocenters. The van der Waals surface area contributed by atoms with Gasteiger partial charge in [-0.25, -0.2) is 9.97 Å². The Balaban J connectivity index is 0.932. The van der Waals surface area contributed by atoms with E-state index in [1.807, 2.05) is 6.07 Å². The van der Waals surface area contributed by atoms with Crippen LogP contribution in [0.1, 0.15) is 48.0 Å². The predicted molar refractivity (Wildman–Crippen MR) is 276 cm³/mol. The van der Waals surface area contributed by atoms with Crippen molar-refractivity contribution in [1.29, 1.82) is 0 Å². The highest BCUT2D eigenvalue weighted by Gasteiger charge is 2.41. The number of allylic oxidation sites excluding steroid dienone is 8. The van der Waals surface area contributed by atoms with Crippen molar-refractivity contribution in [3.63, 3.8) is 0 Å². The standard InChI is InChI=1S/C63H48N4/c1-6-19-43(20-7-1)44-33-37-47(38-34-44)57-42-56(46-21-8-2-9-22-46)64-63(65-57)53-30-18-29-52(41-53)45-35-39-49(40-36-45)58-54-31-16-17-32-55(54)62-59(48-23-10-3-11-24-48)60(50-25-12-4-13-26-50)66-67(62)61(58)51-27-14-5-15-28-51/h1-3,5-12,14-27,29-42,51,58,61H,4,13,28H2. The minimum atomic E-state index is 0.0578. The number of hydrogen-bond donors (Lipinski definition) is 0. The molecule has 320 valence electrons. The van der Waals surface area contributed by atoms with Gasteiger partial charge in [0, 0.05) is 39.7 Å². The molecule has 3 unspecified atom stereocenters. The van der Waals surface area contributed by atoms with Gasteiger partial charge < -0.3 is 0 Å². The first-order chi connectivity index (χ1) is 33.2. The molecule has 0 amide bonds. The Bertz CT molecular complexity index is 3360. The summed E-state index contributed by atoms with van der Waals surface area (Å²) in [7, 11) is 0. The maximum atomic E-state index is 5.68. The van der Waals surface area contributed by atoms with E-state index >= 15 is 0 Å². The van der Waals surface area contributed by atoms with Crippen LogP contribution in [0, 0.1) is 5.92 Å².